The lowest BCUT2D eigenvalue weighted by atomic mass is 9.80. The summed E-state index contributed by atoms with van der Waals surface area (Å²) in [7, 11) is 0. The van der Waals surface area contributed by atoms with E-state index < -0.39 is 0 Å². The first kappa shape index (κ1) is 43.8. The molecule has 76 heavy (non-hydrogen) atoms. The van der Waals surface area contributed by atoms with Gasteiger partial charge >= 0.3 is 0 Å². The minimum Gasteiger partial charge on any atom is -0.309 e. The summed E-state index contributed by atoms with van der Waals surface area (Å²) >= 11 is 0. The van der Waals surface area contributed by atoms with E-state index in [1.165, 1.54) is 66.1 Å². The number of hydrogen-bond acceptors (Lipinski definition) is 4. The summed E-state index contributed by atoms with van der Waals surface area (Å²) in [5.41, 5.74) is 20.9. The molecule has 6 nitrogen and oxygen atoms in total. The van der Waals surface area contributed by atoms with Crippen LogP contribution in [0.4, 0.5) is 0 Å². The summed E-state index contributed by atoms with van der Waals surface area (Å²) in [4.78, 5) is 15.6. The number of rotatable bonds is 6. The minimum atomic E-state index is -0.258. The third kappa shape index (κ3) is 6.11. The Morgan fingerprint density at radius 1 is 0.368 bits per heavy atom. The summed E-state index contributed by atoms with van der Waals surface area (Å²) < 4.78 is 4.83. The van der Waals surface area contributed by atoms with E-state index >= 15 is 0 Å². The van der Waals surface area contributed by atoms with Crippen LogP contribution in [-0.4, -0.2) is 24.1 Å². The van der Waals surface area contributed by atoms with Crippen LogP contribution in [0.25, 0.3) is 123 Å². The molecule has 0 atom stereocenters. The fourth-order valence-electron chi connectivity index (χ4n) is 13.3. The van der Waals surface area contributed by atoms with Crippen LogP contribution in [0.5, 0.6) is 0 Å². The molecule has 0 bridgehead atoms. The van der Waals surface area contributed by atoms with E-state index in [1.807, 2.05) is 72.8 Å². The third-order valence-corrected chi connectivity index (χ3v) is 16.6. The zero-order valence-corrected chi connectivity index (χ0v) is 42.5. The van der Waals surface area contributed by atoms with Gasteiger partial charge in [0.1, 0.15) is 0 Å². The van der Waals surface area contributed by atoms with Crippen LogP contribution in [0, 0.1) is 11.3 Å². The molecule has 2 aliphatic carbocycles. The second-order valence-corrected chi connectivity index (χ2v) is 21.4. The zero-order chi connectivity index (χ0) is 51.0. The summed E-state index contributed by atoms with van der Waals surface area (Å²) in [5, 5.41) is 16.4. The Morgan fingerprint density at radius 3 is 1.36 bits per heavy atom. The fraction of sp³-hybridized carbons (Fsp3) is 0.0857. The molecule has 3 aromatic heterocycles. The molecule has 2 aliphatic rings. The zero-order valence-electron chi connectivity index (χ0n) is 42.5. The maximum atomic E-state index is 11.6. The Morgan fingerprint density at radius 2 is 0.829 bits per heavy atom. The molecule has 0 spiro atoms. The van der Waals surface area contributed by atoms with Crippen LogP contribution < -0.4 is 0 Å². The SMILES string of the molecule is CC1(C)c2ccccc2-c2ccc3c(c21)c1ccccc1n3-c1ccc(-c2nc(-c3ccccc3)nc(-c3ccccc3)n2)cc1-c1c(C#N)cccc1-n1c2ccccc2c2c3c(ccc21)-c1ccccc1C3(C)C. The Labute approximate surface area is 440 Å². The van der Waals surface area contributed by atoms with Gasteiger partial charge in [0.2, 0.25) is 0 Å². The van der Waals surface area contributed by atoms with Gasteiger partial charge in [-0.3, -0.25) is 0 Å². The first-order valence-corrected chi connectivity index (χ1v) is 26.1. The van der Waals surface area contributed by atoms with Gasteiger partial charge in [-0.1, -0.05) is 191 Å². The summed E-state index contributed by atoms with van der Waals surface area (Å²) in [5.74, 6) is 1.69. The highest BCUT2D eigenvalue weighted by molar-refractivity contribution is 6.17. The second kappa shape index (κ2) is 16.1. The van der Waals surface area contributed by atoms with E-state index in [0.717, 1.165) is 61.3 Å². The summed E-state index contributed by atoms with van der Waals surface area (Å²) in [6.07, 6.45) is 0. The van der Waals surface area contributed by atoms with Crippen LogP contribution in [0.2, 0.25) is 0 Å². The molecule has 0 saturated heterocycles. The number of nitrogens with zero attached hydrogens (tertiary/aromatic N) is 6. The highest BCUT2D eigenvalue weighted by Crippen LogP contribution is 2.56. The van der Waals surface area contributed by atoms with Crippen molar-refractivity contribution in [2.45, 2.75) is 38.5 Å². The predicted octanol–water partition coefficient (Wildman–Crippen LogP) is 17.2. The van der Waals surface area contributed by atoms with Crippen molar-refractivity contribution in [3.8, 4) is 85.0 Å². The molecule has 10 aromatic carbocycles. The Balaban J connectivity index is 1.06. The highest BCUT2D eigenvalue weighted by Gasteiger charge is 2.40. The van der Waals surface area contributed by atoms with Crippen molar-refractivity contribution < 1.29 is 0 Å². The molecule has 0 saturated carbocycles. The predicted molar refractivity (Wildman–Crippen MR) is 310 cm³/mol. The summed E-state index contributed by atoms with van der Waals surface area (Å²) in [6.45, 7) is 9.44. The largest absolute Gasteiger partial charge is 0.309 e. The van der Waals surface area contributed by atoms with Crippen LogP contribution in [0.3, 0.4) is 0 Å². The monoisotopic (exact) mass is 972 g/mol. The first-order valence-electron chi connectivity index (χ1n) is 26.1. The van der Waals surface area contributed by atoms with Crippen LogP contribution >= 0.6 is 0 Å². The fourth-order valence-corrected chi connectivity index (χ4v) is 13.3. The molecular weight excluding hydrogens is 925 g/mol. The lowest BCUT2D eigenvalue weighted by Gasteiger charge is -2.23. The van der Waals surface area contributed by atoms with Gasteiger partial charge in [0, 0.05) is 60.2 Å². The van der Waals surface area contributed by atoms with Crippen molar-refractivity contribution in [3.63, 3.8) is 0 Å². The topological polar surface area (TPSA) is 72.3 Å². The number of aromatic nitrogens is 5. The van der Waals surface area contributed by atoms with E-state index in [1.54, 1.807) is 0 Å². The molecule has 358 valence electrons. The van der Waals surface area contributed by atoms with Crippen molar-refractivity contribution in [1.82, 2.24) is 24.1 Å². The lowest BCUT2D eigenvalue weighted by Crippen LogP contribution is -2.15. The van der Waals surface area contributed by atoms with E-state index in [2.05, 4.69) is 188 Å². The normalized spacial score (nSPS) is 13.7. The second-order valence-electron chi connectivity index (χ2n) is 21.4. The van der Waals surface area contributed by atoms with E-state index in [0.29, 0.717) is 23.0 Å². The average molecular weight is 973 g/mol. The lowest BCUT2D eigenvalue weighted by molar-refractivity contribution is 0.666. The number of nitriles is 1. The molecule has 0 aliphatic heterocycles. The van der Waals surface area contributed by atoms with E-state index in [9.17, 15) is 5.26 Å². The molecule has 13 aromatic rings. The van der Waals surface area contributed by atoms with Gasteiger partial charge in [-0.25, -0.2) is 15.0 Å². The van der Waals surface area contributed by atoms with Crippen LogP contribution in [-0.2, 0) is 10.8 Å². The van der Waals surface area contributed by atoms with Crippen LogP contribution in [0.1, 0.15) is 55.5 Å². The standard InChI is InChI=1S/C70H48N6/c1-69(2)53-29-15-11-25-46(53)48-35-38-59-62(64(48)69)50-27-13-17-31-55(50)75(59)57-37-34-44(68-73-66(42-20-7-5-8-21-42)72-67(74-68)43-22-9-6-10-23-43)40-52(57)61-45(41-71)24-19-33-58(61)76-56-32-18-14-28-51(56)63-60(76)39-36-49-47-26-12-16-30-54(47)70(3,4)65(49)63/h5-40H,1-4H3. The van der Waals surface area contributed by atoms with Gasteiger partial charge < -0.3 is 9.13 Å². The Hall–Kier alpha value is -9.70. The first-order chi connectivity index (χ1) is 37.2. The van der Waals surface area contributed by atoms with Gasteiger partial charge in [-0.2, -0.15) is 5.26 Å². The van der Waals surface area contributed by atoms with Crippen molar-refractivity contribution in [3.05, 3.63) is 246 Å². The smallest absolute Gasteiger partial charge is 0.164 e. The molecule has 6 heteroatoms. The van der Waals surface area contributed by atoms with Crippen molar-refractivity contribution >= 4 is 43.6 Å². The Kier molecular flexibility index (Phi) is 9.32. The number of para-hydroxylation sites is 2. The number of fused-ring (bicyclic) bond motifs is 14. The van der Waals surface area contributed by atoms with Gasteiger partial charge in [0.25, 0.3) is 0 Å². The maximum Gasteiger partial charge on any atom is 0.164 e. The average Bonchev–Trinajstić information content (AvgIpc) is 4.28. The minimum absolute atomic E-state index is 0.256. The van der Waals surface area contributed by atoms with Crippen LogP contribution in [0.15, 0.2) is 218 Å². The number of hydrogen-bond donors (Lipinski definition) is 0. The van der Waals surface area contributed by atoms with E-state index in [4.69, 9.17) is 15.0 Å². The van der Waals surface area contributed by atoms with Gasteiger partial charge in [-0.15, -0.1) is 0 Å². The van der Waals surface area contributed by atoms with Crippen molar-refractivity contribution in [2.24, 2.45) is 0 Å². The molecule has 3 heterocycles. The molecule has 15 rings (SSSR count). The highest BCUT2D eigenvalue weighted by atomic mass is 15.0. The van der Waals surface area contributed by atoms with Crippen molar-refractivity contribution in [1.29, 1.82) is 5.26 Å². The summed E-state index contributed by atoms with van der Waals surface area (Å²) in [6, 6.07) is 80.2. The van der Waals surface area contributed by atoms with Gasteiger partial charge in [0.15, 0.2) is 17.5 Å². The van der Waals surface area contributed by atoms with Crippen molar-refractivity contribution in [2.75, 3.05) is 0 Å². The van der Waals surface area contributed by atoms with E-state index in [-0.39, 0.29) is 10.8 Å². The molecule has 0 radical (unpaired) electrons. The number of benzene rings is 10. The molecular formula is C70H48N6. The Bertz CT molecular complexity index is 4590. The maximum absolute atomic E-state index is 11.6. The van der Waals surface area contributed by atoms with Gasteiger partial charge in [-0.05, 0) is 99.1 Å². The molecule has 0 fully saturated rings. The van der Waals surface area contributed by atoms with Gasteiger partial charge in [0.05, 0.1) is 45.1 Å². The third-order valence-electron chi connectivity index (χ3n) is 16.6. The quantitative estimate of drug-likeness (QED) is 0.166. The molecule has 0 N–H and O–H groups in total. The molecule has 0 amide bonds. The molecule has 0 unspecified atom stereocenters.